The molecule has 3 nitrogen and oxygen atoms in total. The Labute approximate surface area is 134 Å². The lowest BCUT2D eigenvalue weighted by Gasteiger charge is -2.30. The first-order valence-corrected chi connectivity index (χ1v) is 7.74. The second-order valence-electron chi connectivity index (χ2n) is 5.67. The van der Waals surface area contributed by atoms with Crippen molar-refractivity contribution < 1.29 is 4.79 Å². The number of nitrogens with zero attached hydrogens (tertiary/aromatic N) is 1. The first-order chi connectivity index (χ1) is 9.15. The first-order valence-electron chi connectivity index (χ1n) is 6.95. The van der Waals surface area contributed by atoms with Gasteiger partial charge in [0.1, 0.15) is 0 Å². The highest BCUT2D eigenvalue weighted by Gasteiger charge is 2.46. The summed E-state index contributed by atoms with van der Waals surface area (Å²) in [6.45, 7) is 1.67. The predicted molar refractivity (Wildman–Crippen MR) is 86.0 cm³/mol. The minimum absolute atomic E-state index is 0. The smallest absolute Gasteiger partial charge is 0.226 e. The van der Waals surface area contributed by atoms with E-state index in [1.807, 2.05) is 17.0 Å². The highest BCUT2D eigenvalue weighted by atomic mass is 79.9. The van der Waals surface area contributed by atoms with E-state index in [9.17, 15) is 4.79 Å². The highest BCUT2D eigenvalue weighted by molar-refractivity contribution is 9.10. The molecule has 1 heterocycles. The third-order valence-electron chi connectivity index (χ3n) is 4.24. The van der Waals surface area contributed by atoms with Gasteiger partial charge in [0.05, 0.1) is 0 Å². The number of hydrogen-bond donors (Lipinski definition) is 1. The van der Waals surface area contributed by atoms with Crippen molar-refractivity contribution in [1.29, 1.82) is 0 Å². The van der Waals surface area contributed by atoms with Crippen molar-refractivity contribution in [2.75, 3.05) is 13.1 Å². The molecule has 1 aliphatic heterocycles. The van der Waals surface area contributed by atoms with Crippen LogP contribution in [0.15, 0.2) is 28.7 Å². The molecule has 5 heteroatoms. The zero-order valence-corrected chi connectivity index (χ0v) is 13.7. The van der Waals surface area contributed by atoms with Gasteiger partial charge in [0, 0.05) is 29.5 Å². The fourth-order valence-corrected chi connectivity index (χ4v) is 3.34. The van der Waals surface area contributed by atoms with Crippen molar-refractivity contribution in [2.24, 2.45) is 11.7 Å². The number of carbonyl (C=O) groups is 1. The van der Waals surface area contributed by atoms with Gasteiger partial charge in [-0.3, -0.25) is 4.79 Å². The predicted octanol–water partition coefficient (Wildman–Crippen LogP) is 2.92. The van der Waals surface area contributed by atoms with Crippen LogP contribution in [0.4, 0.5) is 0 Å². The number of rotatable bonds is 2. The van der Waals surface area contributed by atoms with Crippen molar-refractivity contribution in [1.82, 2.24) is 4.90 Å². The van der Waals surface area contributed by atoms with Crippen molar-refractivity contribution in [2.45, 2.75) is 31.2 Å². The van der Waals surface area contributed by atoms with E-state index in [0.29, 0.717) is 11.8 Å². The standard InChI is InChI=1S/C15H19BrN2O.ClH/c16-11-3-1-2-10(8-11)13-9-14(13)15(19)18-6-4-12(17)5-7-18;/h1-3,8,12-14H,4-7,9,17H2;1H. The number of nitrogens with two attached hydrogens (primary N) is 1. The molecule has 1 aromatic carbocycles. The Balaban J connectivity index is 0.00000147. The number of halogens is 2. The number of benzene rings is 1. The molecule has 1 aliphatic carbocycles. The average molecular weight is 360 g/mol. The molecule has 1 saturated heterocycles. The van der Waals surface area contributed by atoms with Crippen LogP contribution in [0.3, 0.4) is 0 Å². The van der Waals surface area contributed by atoms with E-state index >= 15 is 0 Å². The van der Waals surface area contributed by atoms with Crippen LogP contribution in [0.5, 0.6) is 0 Å². The second kappa shape index (κ2) is 6.46. The molecule has 3 rings (SSSR count). The SMILES string of the molecule is Cl.NC1CCN(C(=O)C2CC2c2cccc(Br)c2)CC1. The summed E-state index contributed by atoms with van der Waals surface area (Å²) in [5.74, 6) is 0.945. The molecule has 1 aromatic rings. The minimum atomic E-state index is 0. The molecule has 0 aromatic heterocycles. The van der Waals surface area contributed by atoms with E-state index in [0.717, 1.165) is 36.8 Å². The molecular formula is C15H20BrClN2O. The number of hydrogen-bond acceptors (Lipinski definition) is 2. The lowest BCUT2D eigenvalue weighted by molar-refractivity contribution is -0.133. The molecule has 2 atom stereocenters. The molecular weight excluding hydrogens is 340 g/mol. The van der Waals surface area contributed by atoms with Crippen LogP contribution in [0.1, 0.15) is 30.7 Å². The topological polar surface area (TPSA) is 46.3 Å². The van der Waals surface area contributed by atoms with Crippen molar-refractivity contribution in [3.8, 4) is 0 Å². The van der Waals surface area contributed by atoms with E-state index in [1.165, 1.54) is 5.56 Å². The second-order valence-corrected chi connectivity index (χ2v) is 6.58. The Morgan fingerprint density at radius 1 is 1.30 bits per heavy atom. The molecule has 2 N–H and O–H groups in total. The van der Waals surface area contributed by atoms with Crippen LogP contribution in [-0.2, 0) is 4.79 Å². The maximum absolute atomic E-state index is 12.4. The van der Waals surface area contributed by atoms with Crippen LogP contribution >= 0.6 is 28.3 Å². The van der Waals surface area contributed by atoms with Crippen LogP contribution in [-0.4, -0.2) is 29.9 Å². The monoisotopic (exact) mass is 358 g/mol. The molecule has 2 aliphatic rings. The fraction of sp³-hybridized carbons (Fsp3) is 0.533. The lowest BCUT2D eigenvalue weighted by Crippen LogP contribution is -2.43. The fourth-order valence-electron chi connectivity index (χ4n) is 2.93. The van der Waals surface area contributed by atoms with E-state index in [1.54, 1.807) is 0 Å². The van der Waals surface area contributed by atoms with Crippen LogP contribution < -0.4 is 5.73 Å². The van der Waals surface area contributed by atoms with Gasteiger partial charge in [-0.1, -0.05) is 28.1 Å². The van der Waals surface area contributed by atoms with E-state index in [2.05, 4.69) is 28.1 Å². The summed E-state index contributed by atoms with van der Waals surface area (Å²) < 4.78 is 1.09. The Bertz CT molecular complexity index is 489. The number of likely N-dealkylation sites (tertiary alicyclic amines) is 1. The summed E-state index contributed by atoms with van der Waals surface area (Å²) in [7, 11) is 0. The van der Waals surface area contributed by atoms with Gasteiger partial charge >= 0.3 is 0 Å². The van der Waals surface area contributed by atoms with Gasteiger partial charge in [-0.2, -0.15) is 0 Å². The number of piperidine rings is 1. The zero-order chi connectivity index (χ0) is 13.4. The zero-order valence-electron chi connectivity index (χ0n) is 11.3. The largest absolute Gasteiger partial charge is 0.342 e. The summed E-state index contributed by atoms with van der Waals surface area (Å²) in [5.41, 5.74) is 7.16. The summed E-state index contributed by atoms with van der Waals surface area (Å²) in [5, 5.41) is 0. The number of carbonyl (C=O) groups excluding carboxylic acids is 1. The van der Waals surface area contributed by atoms with Crippen LogP contribution in [0.2, 0.25) is 0 Å². The molecule has 0 bridgehead atoms. The van der Waals surface area contributed by atoms with Gasteiger partial charge in [0.15, 0.2) is 0 Å². The first kappa shape index (κ1) is 15.8. The van der Waals surface area contributed by atoms with E-state index < -0.39 is 0 Å². The maximum atomic E-state index is 12.4. The lowest BCUT2D eigenvalue weighted by atomic mass is 10.0. The van der Waals surface area contributed by atoms with Crippen LogP contribution in [0, 0.1) is 5.92 Å². The van der Waals surface area contributed by atoms with Gasteiger partial charge in [0.2, 0.25) is 5.91 Å². The Hall–Kier alpha value is -0.580. The average Bonchev–Trinajstić information content (AvgIpc) is 3.19. The molecule has 0 spiro atoms. The van der Waals surface area contributed by atoms with E-state index in [-0.39, 0.29) is 24.4 Å². The summed E-state index contributed by atoms with van der Waals surface area (Å²) in [4.78, 5) is 14.4. The molecule has 2 fully saturated rings. The third kappa shape index (κ3) is 3.35. The normalized spacial score (nSPS) is 26.0. The van der Waals surface area contributed by atoms with Gasteiger partial charge in [0.25, 0.3) is 0 Å². The van der Waals surface area contributed by atoms with Crippen molar-refractivity contribution >= 4 is 34.2 Å². The summed E-state index contributed by atoms with van der Waals surface area (Å²) >= 11 is 3.49. The summed E-state index contributed by atoms with van der Waals surface area (Å²) in [6.07, 6.45) is 2.89. The maximum Gasteiger partial charge on any atom is 0.226 e. The van der Waals surface area contributed by atoms with Crippen molar-refractivity contribution in [3.63, 3.8) is 0 Å². The molecule has 1 saturated carbocycles. The Morgan fingerprint density at radius 2 is 2.00 bits per heavy atom. The minimum Gasteiger partial charge on any atom is -0.342 e. The molecule has 1 amide bonds. The molecule has 2 unspecified atom stereocenters. The van der Waals surface area contributed by atoms with Gasteiger partial charge in [-0.25, -0.2) is 0 Å². The number of amides is 1. The van der Waals surface area contributed by atoms with Gasteiger partial charge < -0.3 is 10.6 Å². The third-order valence-corrected chi connectivity index (χ3v) is 4.73. The Kier molecular flexibility index (Phi) is 5.10. The van der Waals surface area contributed by atoms with E-state index in [4.69, 9.17) is 5.73 Å². The van der Waals surface area contributed by atoms with Crippen LogP contribution in [0.25, 0.3) is 0 Å². The highest BCUT2D eigenvalue weighted by Crippen LogP contribution is 2.49. The Morgan fingerprint density at radius 3 is 2.65 bits per heavy atom. The molecule has 0 radical (unpaired) electrons. The summed E-state index contributed by atoms with van der Waals surface area (Å²) in [6, 6.07) is 8.59. The van der Waals surface area contributed by atoms with Crippen molar-refractivity contribution in [3.05, 3.63) is 34.3 Å². The molecule has 20 heavy (non-hydrogen) atoms. The molecule has 110 valence electrons. The quantitative estimate of drug-likeness (QED) is 0.882. The van der Waals surface area contributed by atoms with Gasteiger partial charge in [-0.15, -0.1) is 12.4 Å². The van der Waals surface area contributed by atoms with Gasteiger partial charge in [-0.05, 0) is 42.9 Å².